The van der Waals surface area contributed by atoms with Crippen molar-refractivity contribution in [3.05, 3.63) is 53.6 Å². The molecule has 1 N–H and O–H groups in total. The van der Waals surface area contributed by atoms with Gasteiger partial charge in [-0.3, -0.25) is 9.52 Å². The maximum atomic E-state index is 13.9. The minimum Gasteiger partial charge on any atom is -0.606 e. The summed E-state index contributed by atoms with van der Waals surface area (Å²) in [6.45, 7) is 1.28. The molecule has 0 saturated carbocycles. The zero-order chi connectivity index (χ0) is 18.1. The van der Waals surface area contributed by atoms with E-state index in [1.807, 2.05) is 0 Å². The molecule has 0 spiro atoms. The van der Waals surface area contributed by atoms with Gasteiger partial charge in [0.05, 0.1) is 6.26 Å². The highest BCUT2D eigenvalue weighted by molar-refractivity contribution is 7.93. The Morgan fingerprint density at radius 3 is 2.33 bits per heavy atom. The second kappa shape index (κ2) is 6.88. The maximum absolute atomic E-state index is 13.9. The van der Waals surface area contributed by atoms with Gasteiger partial charge in [0.2, 0.25) is 10.0 Å². The van der Waals surface area contributed by atoms with Gasteiger partial charge in [0.15, 0.2) is 21.4 Å². The number of Topliss-reactive ketones (excluding diaryl/α,β-unsaturated/α-hetero) is 1. The number of hydrogen-bond acceptors (Lipinski definition) is 4. The third-order valence-electron chi connectivity index (χ3n) is 2.98. The number of anilines is 1. The molecule has 9 heteroatoms. The van der Waals surface area contributed by atoms with Crippen LogP contribution in [0.2, 0.25) is 0 Å². The summed E-state index contributed by atoms with van der Waals surface area (Å²) in [5, 5.41) is 0. The lowest BCUT2D eigenvalue weighted by molar-refractivity contribution is 0.101. The van der Waals surface area contributed by atoms with Gasteiger partial charge in [-0.2, -0.15) is 0 Å². The van der Waals surface area contributed by atoms with E-state index >= 15 is 0 Å². The summed E-state index contributed by atoms with van der Waals surface area (Å²) >= 11 is -2.16. The van der Waals surface area contributed by atoms with E-state index in [-0.39, 0.29) is 26.8 Å². The third-order valence-corrected chi connectivity index (χ3v) is 5.04. The normalized spacial score (nSPS) is 12.7. The van der Waals surface area contributed by atoms with Crippen molar-refractivity contribution in [1.82, 2.24) is 0 Å². The number of halogens is 2. The van der Waals surface area contributed by atoms with E-state index in [0.717, 1.165) is 18.4 Å². The molecule has 128 valence electrons. The molecule has 0 heterocycles. The van der Waals surface area contributed by atoms with Crippen molar-refractivity contribution in [2.75, 3.05) is 11.0 Å². The molecule has 0 bridgehead atoms. The summed E-state index contributed by atoms with van der Waals surface area (Å²) in [6.07, 6.45) is 0.900. The molecular formula is C15H13F2NO4S2. The molecule has 2 rings (SSSR count). The van der Waals surface area contributed by atoms with Crippen molar-refractivity contribution in [3.8, 4) is 0 Å². The van der Waals surface area contributed by atoms with Crippen LogP contribution in [0.1, 0.15) is 17.3 Å². The zero-order valence-electron chi connectivity index (χ0n) is 12.7. The van der Waals surface area contributed by atoms with Crippen LogP contribution in [0, 0.1) is 11.6 Å². The van der Waals surface area contributed by atoms with Gasteiger partial charge in [-0.15, -0.1) is 0 Å². The molecule has 1 atom stereocenters. The van der Waals surface area contributed by atoms with Crippen molar-refractivity contribution in [1.29, 1.82) is 0 Å². The Morgan fingerprint density at radius 1 is 1.12 bits per heavy atom. The molecule has 0 saturated heterocycles. The van der Waals surface area contributed by atoms with Gasteiger partial charge in [-0.05, 0) is 31.2 Å². The largest absolute Gasteiger partial charge is 0.606 e. The van der Waals surface area contributed by atoms with Gasteiger partial charge < -0.3 is 4.55 Å². The third kappa shape index (κ3) is 4.31. The van der Waals surface area contributed by atoms with Gasteiger partial charge in [0, 0.05) is 28.9 Å². The summed E-state index contributed by atoms with van der Waals surface area (Å²) in [5.74, 6) is -2.20. The Morgan fingerprint density at radius 2 is 1.79 bits per heavy atom. The number of benzene rings is 2. The number of carbonyl (C=O) groups is 1. The molecule has 5 nitrogen and oxygen atoms in total. The smallest absolute Gasteiger partial charge is 0.229 e. The Balaban J connectivity index is 2.59. The summed E-state index contributed by atoms with van der Waals surface area (Å²) in [5.41, 5.74) is 0.129. The van der Waals surface area contributed by atoms with Crippen molar-refractivity contribution in [2.24, 2.45) is 0 Å². The quantitative estimate of drug-likeness (QED) is 0.645. The van der Waals surface area contributed by atoms with E-state index in [1.54, 1.807) is 0 Å². The summed E-state index contributed by atoms with van der Waals surface area (Å²) in [6, 6.07) is 6.37. The van der Waals surface area contributed by atoms with Crippen LogP contribution in [0.15, 0.2) is 46.2 Å². The van der Waals surface area contributed by atoms with Crippen LogP contribution >= 0.6 is 0 Å². The zero-order valence-corrected chi connectivity index (χ0v) is 14.3. The molecule has 0 fully saturated rings. The van der Waals surface area contributed by atoms with Crippen LogP contribution < -0.4 is 4.72 Å². The molecule has 0 radical (unpaired) electrons. The molecule has 2 aromatic carbocycles. The highest BCUT2D eigenvalue weighted by atomic mass is 32.2. The number of hydrogen-bond donors (Lipinski definition) is 1. The first-order chi connectivity index (χ1) is 11.1. The van der Waals surface area contributed by atoms with Crippen molar-refractivity contribution < 1.29 is 26.5 Å². The number of ketones is 1. The predicted molar refractivity (Wildman–Crippen MR) is 85.9 cm³/mol. The number of carbonyl (C=O) groups excluding carboxylic acids is 1. The van der Waals surface area contributed by atoms with Gasteiger partial charge >= 0.3 is 0 Å². The van der Waals surface area contributed by atoms with Crippen LogP contribution in [-0.4, -0.2) is 25.0 Å². The number of nitrogens with one attached hydrogen (secondary N) is 1. The van der Waals surface area contributed by atoms with Gasteiger partial charge in [-0.1, -0.05) is 0 Å². The first kappa shape index (κ1) is 18.4. The van der Waals surface area contributed by atoms with E-state index in [2.05, 4.69) is 4.72 Å². The average Bonchev–Trinajstić information content (AvgIpc) is 2.45. The minimum absolute atomic E-state index is 0.0513. The highest BCUT2D eigenvalue weighted by Crippen LogP contribution is 2.31. The Kier molecular flexibility index (Phi) is 5.26. The van der Waals surface area contributed by atoms with E-state index in [9.17, 15) is 26.5 Å². The molecule has 0 aliphatic heterocycles. The molecule has 2 aromatic rings. The second-order valence-electron chi connectivity index (χ2n) is 4.98. The van der Waals surface area contributed by atoms with Crippen molar-refractivity contribution in [2.45, 2.75) is 16.7 Å². The Bertz CT molecular complexity index is 900. The van der Waals surface area contributed by atoms with Crippen LogP contribution in [0.5, 0.6) is 0 Å². The van der Waals surface area contributed by atoms with E-state index < -0.39 is 32.8 Å². The standard InChI is InChI=1S/C15H13F2NO4S2/c1-9(19)10-3-5-13(18-24(2,21)22)15(7-10)23(20)14-6-4-11(16)8-12(14)17/h3-8,18H,1-2H3. The van der Waals surface area contributed by atoms with Crippen LogP contribution in [-0.2, 0) is 21.2 Å². The molecule has 0 aromatic heterocycles. The van der Waals surface area contributed by atoms with E-state index in [4.69, 9.17) is 0 Å². The first-order valence-electron chi connectivity index (χ1n) is 6.58. The van der Waals surface area contributed by atoms with Crippen LogP contribution in [0.4, 0.5) is 14.5 Å². The number of sulfonamides is 1. The Labute approximate surface area is 140 Å². The first-order valence-corrected chi connectivity index (χ1v) is 9.62. The summed E-state index contributed by atoms with van der Waals surface area (Å²) < 4.78 is 64.6. The van der Waals surface area contributed by atoms with Crippen molar-refractivity contribution >= 4 is 32.7 Å². The van der Waals surface area contributed by atoms with E-state index in [1.165, 1.54) is 25.1 Å². The lowest BCUT2D eigenvalue weighted by atomic mass is 10.1. The van der Waals surface area contributed by atoms with Gasteiger partial charge in [-0.25, -0.2) is 17.2 Å². The number of rotatable bonds is 5. The van der Waals surface area contributed by atoms with Crippen LogP contribution in [0.3, 0.4) is 0 Å². The molecule has 24 heavy (non-hydrogen) atoms. The van der Waals surface area contributed by atoms with E-state index in [0.29, 0.717) is 6.07 Å². The SMILES string of the molecule is CC(=O)c1ccc(NS(C)(=O)=O)c([S+]([O-])c2ccc(F)cc2F)c1. The maximum Gasteiger partial charge on any atom is 0.229 e. The van der Waals surface area contributed by atoms with Gasteiger partial charge in [0.1, 0.15) is 11.5 Å². The van der Waals surface area contributed by atoms with Crippen LogP contribution in [0.25, 0.3) is 0 Å². The Hall–Kier alpha value is -1.97. The molecule has 1 unspecified atom stereocenters. The lowest BCUT2D eigenvalue weighted by Crippen LogP contribution is -2.15. The summed E-state index contributed by atoms with van der Waals surface area (Å²) in [4.78, 5) is 11.1. The molecule has 0 aliphatic rings. The summed E-state index contributed by atoms with van der Waals surface area (Å²) in [7, 11) is -3.69. The fourth-order valence-corrected chi connectivity index (χ4v) is 3.78. The molecular weight excluding hydrogens is 360 g/mol. The fourth-order valence-electron chi connectivity index (χ4n) is 1.92. The minimum atomic E-state index is -3.69. The highest BCUT2D eigenvalue weighted by Gasteiger charge is 2.25. The van der Waals surface area contributed by atoms with Crippen molar-refractivity contribution in [3.63, 3.8) is 0 Å². The second-order valence-corrected chi connectivity index (χ2v) is 8.15. The van der Waals surface area contributed by atoms with Gasteiger partial charge in [0.25, 0.3) is 0 Å². The average molecular weight is 373 g/mol. The lowest BCUT2D eigenvalue weighted by Gasteiger charge is -2.15. The topological polar surface area (TPSA) is 86.3 Å². The predicted octanol–water partition coefficient (Wildman–Crippen LogP) is 2.71. The molecule has 0 amide bonds. The fraction of sp³-hybridized carbons (Fsp3) is 0.133. The molecule has 0 aliphatic carbocycles. The monoisotopic (exact) mass is 373 g/mol.